The maximum atomic E-state index is 10.3. The summed E-state index contributed by atoms with van der Waals surface area (Å²) in [6, 6.07) is 5.68. The highest BCUT2D eigenvalue weighted by molar-refractivity contribution is 9.10. The SMILES string of the molecule is COC(C(O)Cc1ccc(Br)cc1Cl)C(C)(C)C. The van der Waals surface area contributed by atoms with Crippen molar-refractivity contribution >= 4 is 27.5 Å². The van der Waals surface area contributed by atoms with Gasteiger partial charge in [0, 0.05) is 23.0 Å². The Balaban J connectivity index is 2.83. The molecule has 1 aromatic carbocycles. The topological polar surface area (TPSA) is 29.5 Å². The second-order valence-electron chi connectivity index (χ2n) is 5.53. The van der Waals surface area contributed by atoms with Crippen molar-refractivity contribution in [2.45, 2.75) is 39.4 Å². The van der Waals surface area contributed by atoms with Gasteiger partial charge >= 0.3 is 0 Å². The Morgan fingerprint density at radius 2 is 2.00 bits per heavy atom. The van der Waals surface area contributed by atoms with E-state index in [1.54, 1.807) is 7.11 Å². The Hall–Kier alpha value is -0.0900. The van der Waals surface area contributed by atoms with Gasteiger partial charge in [-0.25, -0.2) is 0 Å². The van der Waals surface area contributed by atoms with Gasteiger partial charge in [0.15, 0.2) is 0 Å². The first-order valence-corrected chi connectivity index (χ1v) is 7.07. The molecule has 0 heterocycles. The van der Waals surface area contributed by atoms with Crippen LogP contribution >= 0.6 is 27.5 Å². The van der Waals surface area contributed by atoms with E-state index in [2.05, 4.69) is 15.9 Å². The minimum Gasteiger partial charge on any atom is -0.390 e. The molecule has 2 nitrogen and oxygen atoms in total. The third-order valence-corrected chi connectivity index (χ3v) is 3.75. The quantitative estimate of drug-likeness (QED) is 0.899. The van der Waals surface area contributed by atoms with E-state index in [0.717, 1.165) is 10.0 Å². The van der Waals surface area contributed by atoms with Crippen LogP contribution in [0.5, 0.6) is 0 Å². The standard InChI is InChI=1S/C14H20BrClO2/c1-14(2,3)13(18-4)12(17)7-9-5-6-10(15)8-11(9)16/h5-6,8,12-13,17H,7H2,1-4H3. The lowest BCUT2D eigenvalue weighted by molar-refractivity contribution is -0.0698. The zero-order valence-corrected chi connectivity index (χ0v) is 13.5. The summed E-state index contributed by atoms with van der Waals surface area (Å²) in [5.41, 5.74) is 0.814. The van der Waals surface area contributed by atoms with Crippen LogP contribution < -0.4 is 0 Å². The normalized spacial score (nSPS) is 15.5. The van der Waals surface area contributed by atoms with Crippen LogP contribution in [0, 0.1) is 5.41 Å². The third kappa shape index (κ3) is 4.23. The van der Waals surface area contributed by atoms with Crippen LogP contribution in [-0.4, -0.2) is 24.4 Å². The lowest BCUT2D eigenvalue weighted by atomic mass is 9.84. The number of methoxy groups -OCH3 is 1. The number of hydrogen-bond donors (Lipinski definition) is 1. The smallest absolute Gasteiger partial charge is 0.0881 e. The van der Waals surface area contributed by atoms with E-state index >= 15 is 0 Å². The van der Waals surface area contributed by atoms with Gasteiger partial charge < -0.3 is 9.84 Å². The second kappa shape index (κ2) is 6.38. The number of rotatable bonds is 4. The molecule has 0 fully saturated rings. The molecule has 0 aromatic heterocycles. The van der Waals surface area contributed by atoms with Gasteiger partial charge in [-0.15, -0.1) is 0 Å². The second-order valence-corrected chi connectivity index (χ2v) is 6.85. The van der Waals surface area contributed by atoms with Gasteiger partial charge in [-0.2, -0.15) is 0 Å². The molecule has 0 bridgehead atoms. The number of benzene rings is 1. The number of aliphatic hydroxyl groups is 1. The summed E-state index contributed by atoms with van der Waals surface area (Å²) < 4.78 is 6.35. The Bertz CT molecular complexity index is 401. The highest BCUT2D eigenvalue weighted by Gasteiger charge is 2.31. The van der Waals surface area contributed by atoms with Crippen LogP contribution in [-0.2, 0) is 11.2 Å². The van der Waals surface area contributed by atoms with E-state index in [1.807, 2.05) is 39.0 Å². The van der Waals surface area contributed by atoms with Gasteiger partial charge in [0.05, 0.1) is 12.2 Å². The molecule has 18 heavy (non-hydrogen) atoms. The van der Waals surface area contributed by atoms with Crippen molar-refractivity contribution in [1.82, 2.24) is 0 Å². The Labute approximate surface area is 122 Å². The molecule has 0 saturated carbocycles. The first-order valence-electron chi connectivity index (χ1n) is 5.90. The summed E-state index contributed by atoms with van der Waals surface area (Å²) in [5, 5.41) is 11.0. The fourth-order valence-corrected chi connectivity index (χ4v) is 2.86. The van der Waals surface area contributed by atoms with Crippen LogP contribution in [0.3, 0.4) is 0 Å². The Morgan fingerprint density at radius 1 is 1.39 bits per heavy atom. The van der Waals surface area contributed by atoms with Crippen molar-refractivity contribution in [3.8, 4) is 0 Å². The summed E-state index contributed by atoms with van der Waals surface area (Å²) in [5.74, 6) is 0. The Kier molecular flexibility index (Phi) is 5.66. The Morgan fingerprint density at radius 3 is 2.44 bits per heavy atom. The van der Waals surface area contributed by atoms with E-state index in [4.69, 9.17) is 16.3 Å². The molecule has 0 radical (unpaired) electrons. The van der Waals surface area contributed by atoms with Gasteiger partial charge in [-0.3, -0.25) is 0 Å². The van der Waals surface area contributed by atoms with Crippen molar-refractivity contribution in [2.75, 3.05) is 7.11 Å². The molecule has 1 N–H and O–H groups in total. The van der Waals surface area contributed by atoms with Gasteiger partial charge in [0.25, 0.3) is 0 Å². The summed E-state index contributed by atoms with van der Waals surface area (Å²) in [6.45, 7) is 6.15. The van der Waals surface area contributed by atoms with Crippen molar-refractivity contribution in [1.29, 1.82) is 0 Å². The van der Waals surface area contributed by atoms with Crippen LogP contribution in [0.4, 0.5) is 0 Å². The number of hydrogen-bond acceptors (Lipinski definition) is 2. The van der Waals surface area contributed by atoms with Gasteiger partial charge in [0.1, 0.15) is 0 Å². The largest absolute Gasteiger partial charge is 0.390 e. The number of ether oxygens (including phenoxy) is 1. The fraction of sp³-hybridized carbons (Fsp3) is 0.571. The molecule has 102 valence electrons. The van der Waals surface area contributed by atoms with Crippen molar-refractivity contribution < 1.29 is 9.84 Å². The summed E-state index contributed by atoms with van der Waals surface area (Å²) in [4.78, 5) is 0. The van der Waals surface area contributed by atoms with E-state index in [-0.39, 0.29) is 11.5 Å². The van der Waals surface area contributed by atoms with E-state index in [9.17, 15) is 5.11 Å². The summed E-state index contributed by atoms with van der Waals surface area (Å²) in [6.07, 6.45) is -0.312. The molecule has 0 aliphatic heterocycles. The zero-order chi connectivity index (χ0) is 13.9. The summed E-state index contributed by atoms with van der Waals surface area (Å²) in [7, 11) is 1.63. The third-order valence-electron chi connectivity index (χ3n) is 2.90. The van der Waals surface area contributed by atoms with E-state index in [0.29, 0.717) is 11.4 Å². The maximum absolute atomic E-state index is 10.3. The molecule has 0 aliphatic carbocycles. The minimum absolute atomic E-state index is 0.115. The minimum atomic E-state index is -0.575. The highest BCUT2D eigenvalue weighted by Crippen LogP contribution is 2.28. The fourth-order valence-electron chi connectivity index (χ4n) is 2.11. The molecule has 2 unspecified atom stereocenters. The molecule has 0 spiro atoms. The number of aliphatic hydroxyl groups excluding tert-OH is 1. The number of halogens is 2. The average Bonchev–Trinajstić information content (AvgIpc) is 2.21. The predicted molar refractivity (Wildman–Crippen MR) is 79.1 cm³/mol. The lowest BCUT2D eigenvalue weighted by Gasteiger charge is -2.33. The monoisotopic (exact) mass is 334 g/mol. The highest BCUT2D eigenvalue weighted by atomic mass is 79.9. The molecular weight excluding hydrogens is 316 g/mol. The van der Waals surface area contributed by atoms with E-state index in [1.165, 1.54) is 0 Å². The van der Waals surface area contributed by atoms with Gasteiger partial charge in [-0.05, 0) is 23.1 Å². The molecule has 0 saturated heterocycles. The molecule has 2 atom stereocenters. The molecule has 0 amide bonds. The van der Waals surface area contributed by atoms with Crippen molar-refractivity contribution in [2.24, 2.45) is 5.41 Å². The van der Waals surface area contributed by atoms with Crippen molar-refractivity contribution in [3.05, 3.63) is 33.3 Å². The molecule has 0 aliphatic rings. The molecular formula is C14H20BrClO2. The van der Waals surface area contributed by atoms with Gasteiger partial charge in [-0.1, -0.05) is 54.4 Å². The lowest BCUT2D eigenvalue weighted by Crippen LogP contribution is -2.40. The van der Waals surface area contributed by atoms with Gasteiger partial charge in [0.2, 0.25) is 0 Å². The predicted octanol–water partition coefficient (Wildman–Crippen LogP) is 4.07. The van der Waals surface area contributed by atoms with Crippen molar-refractivity contribution in [3.63, 3.8) is 0 Å². The zero-order valence-electron chi connectivity index (χ0n) is 11.2. The van der Waals surface area contributed by atoms with E-state index < -0.39 is 6.10 Å². The summed E-state index contributed by atoms with van der Waals surface area (Å²) >= 11 is 9.52. The average molecular weight is 336 g/mol. The van der Waals surface area contributed by atoms with Crippen LogP contribution in [0.2, 0.25) is 5.02 Å². The van der Waals surface area contributed by atoms with Crippen LogP contribution in [0.1, 0.15) is 26.3 Å². The maximum Gasteiger partial charge on any atom is 0.0881 e. The first-order chi connectivity index (χ1) is 8.25. The van der Waals surface area contributed by atoms with Crippen LogP contribution in [0.25, 0.3) is 0 Å². The molecule has 1 aromatic rings. The molecule has 4 heteroatoms. The molecule has 1 rings (SSSR count). The first kappa shape index (κ1) is 16.0. The van der Waals surface area contributed by atoms with Crippen LogP contribution in [0.15, 0.2) is 22.7 Å².